The normalized spacial score (nSPS) is 13.8. The van der Waals surface area contributed by atoms with E-state index in [1.54, 1.807) is 0 Å². The molecule has 7 nitrogen and oxygen atoms in total. The van der Waals surface area contributed by atoms with Crippen LogP contribution >= 0.6 is 25.3 Å². The lowest BCUT2D eigenvalue weighted by atomic mass is 10.0. The highest BCUT2D eigenvalue weighted by Gasteiger charge is 2.17. The van der Waals surface area contributed by atoms with Gasteiger partial charge in [-0.05, 0) is 19.3 Å². The SMILES string of the molecule is C1CCCCC1.C1CCCCC1.CCCC.CCCO[Si](OCCC)OCCC.NC(=O)S.NC(=O)S. The molecule has 0 aromatic heterocycles. The standard InChI is InChI=1S/C9H21O3Si.2C6H12.C4H10.2CH3NOS/c1-4-7-10-13(11-8-5-2)12-9-6-3;2*1-2-4-6-5-3-1;1-3-4-2;2*2-1(3)4/h4-9H2,1-3H3;2*1-6H2;3-4H2,1-2H3;2*(H3,2,3,4). The second-order valence-corrected chi connectivity index (χ2v) is 11.0. The topological polar surface area (TPSA) is 114 Å². The molecule has 0 aromatic rings. The van der Waals surface area contributed by atoms with Crippen molar-refractivity contribution in [2.75, 3.05) is 19.8 Å². The molecule has 0 heterocycles. The first-order chi connectivity index (χ1) is 17.7. The Balaban J connectivity index is -0.000000191. The van der Waals surface area contributed by atoms with Gasteiger partial charge in [-0.3, -0.25) is 9.59 Å². The van der Waals surface area contributed by atoms with Gasteiger partial charge in [0.1, 0.15) is 0 Å². The zero-order valence-corrected chi connectivity index (χ0v) is 27.5. The van der Waals surface area contributed by atoms with Gasteiger partial charge in [-0.25, -0.2) is 0 Å². The lowest BCUT2D eigenvalue weighted by molar-refractivity contribution is 0.0933. The van der Waals surface area contributed by atoms with E-state index in [0.29, 0.717) is 0 Å². The van der Waals surface area contributed by atoms with Crippen LogP contribution in [0.4, 0.5) is 9.59 Å². The number of nitrogens with two attached hydrogens (primary N) is 2. The number of hydrogen-bond donors (Lipinski definition) is 4. The summed E-state index contributed by atoms with van der Waals surface area (Å²) in [4.78, 5) is 18.2. The summed E-state index contributed by atoms with van der Waals surface area (Å²) in [6.07, 6.45) is 23.7. The molecular weight excluding hydrogens is 525 g/mol. The molecule has 225 valence electrons. The van der Waals surface area contributed by atoms with Crippen LogP contribution in [-0.4, -0.2) is 39.8 Å². The molecule has 0 aliphatic heterocycles. The van der Waals surface area contributed by atoms with Crippen molar-refractivity contribution in [1.82, 2.24) is 0 Å². The minimum atomic E-state index is -1.43. The summed E-state index contributed by atoms with van der Waals surface area (Å²) in [6, 6.07) is 0. The van der Waals surface area contributed by atoms with E-state index in [0.717, 1.165) is 39.1 Å². The molecule has 0 aromatic carbocycles. The highest BCUT2D eigenvalue weighted by Crippen LogP contribution is 2.15. The maximum atomic E-state index is 9.09. The van der Waals surface area contributed by atoms with Crippen LogP contribution in [0.3, 0.4) is 0 Å². The summed E-state index contributed by atoms with van der Waals surface area (Å²) in [7, 11) is -1.43. The smallest absolute Gasteiger partial charge is 0.371 e. The largest absolute Gasteiger partial charge is 0.577 e. The first-order valence-electron chi connectivity index (χ1n) is 14.4. The van der Waals surface area contributed by atoms with Crippen LogP contribution in [0.25, 0.3) is 0 Å². The van der Waals surface area contributed by atoms with Crippen molar-refractivity contribution in [3.63, 3.8) is 0 Å². The number of carbonyl (C=O) groups excluding carboxylic acids is 2. The summed E-state index contributed by atoms with van der Waals surface area (Å²) in [5.74, 6) is 0. The van der Waals surface area contributed by atoms with Crippen LogP contribution in [0.5, 0.6) is 0 Å². The summed E-state index contributed by atoms with van der Waals surface area (Å²) in [5, 5.41) is -1.28. The van der Waals surface area contributed by atoms with Crippen LogP contribution in [-0.2, 0) is 13.3 Å². The average Bonchev–Trinajstić information content (AvgIpc) is 2.90. The molecule has 2 aliphatic rings. The van der Waals surface area contributed by atoms with E-state index in [1.807, 2.05) is 0 Å². The van der Waals surface area contributed by atoms with Crippen molar-refractivity contribution in [2.24, 2.45) is 11.5 Å². The minimum absolute atomic E-state index is 0.639. The molecular formula is C27H61N2O5S2Si. The fourth-order valence-electron chi connectivity index (χ4n) is 2.80. The van der Waals surface area contributed by atoms with Crippen LogP contribution < -0.4 is 11.5 Å². The molecule has 0 atom stereocenters. The van der Waals surface area contributed by atoms with Gasteiger partial charge < -0.3 is 24.7 Å². The van der Waals surface area contributed by atoms with E-state index >= 15 is 0 Å². The Morgan fingerprint density at radius 2 is 0.676 bits per heavy atom. The van der Waals surface area contributed by atoms with E-state index in [-0.39, 0.29) is 0 Å². The maximum absolute atomic E-state index is 9.09. The summed E-state index contributed by atoms with van der Waals surface area (Å²) >= 11 is 6.21. The number of unbranched alkanes of at least 4 members (excludes halogenated alkanes) is 1. The monoisotopic (exact) mass is 585 g/mol. The maximum Gasteiger partial charge on any atom is 0.577 e. The summed E-state index contributed by atoms with van der Waals surface area (Å²) in [6.45, 7) is 12.8. The van der Waals surface area contributed by atoms with Gasteiger partial charge in [0.25, 0.3) is 10.5 Å². The van der Waals surface area contributed by atoms with E-state index in [4.69, 9.17) is 22.9 Å². The second-order valence-electron chi connectivity index (χ2n) is 8.71. The molecule has 2 aliphatic carbocycles. The number of thiol groups is 2. The second kappa shape index (κ2) is 42.8. The fraction of sp³-hybridized carbons (Fsp3) is 0.926. The highest BCUT2D eigenvalue weighted by molar-refractivity contribution is 7.96. The molecule has 4 N–H and O–H groups in total. The predicted molar refractivity (Wildman–Crippen MR) is 168 cm³/mol. The van der Waals surface area contributed by atoms with Crippen LogP contribution in [0.15, 0.2) is 0 Å². The van der Waals surface area contributed by atoms with Crippen molar-refractivity contribution in [3.05, 3.63) is 0 Å². The molecule has 0 saturated heterocycles. The molecule has 2 saturated carbocycles. The molecule has 2 amide bonds. The van der Waals surface area contributed by atoms with Gasteiger partial charge in [0.2, 0.25) is 0 Å². The molecule has 0 spiro atoms. The third-order valence-electron chi connectivity index (χ3n) is 4.77. The predicted octanol–water partition coefficient (Wildman–Crippen LogP) is 8.73. The molecule has 0 bridgehead atoms. The van der Waals surface area contributed by atoms with Gasteiger partial charge in [0.05, 0.1) is 0 Å². The number of primary amides is 2. The lowest BCUT2D eigenvalue weighted by Crippen LogP contribution is -2.28. The van der Waals surface area contributed by atoms with Crippen molar-refractivity contribution < 1.29 is 22.9 Å². The molecule has 2 fully saturated rings. The van der Waals surface area contributed by atoms with Gasteiger partial charge in [-0.15, -0.1) is 0 Å². The van der Waals surface area contributed by atoms with Gasteiger partial charge in [0, 0.05) is 19.8 Å². The summed E-state index contributed by atoms with van der Waals surface area (Å²) in [5.41, 5.74) is 8.67. The minimum Gasteiger partial charge on any atom is -0.371 e. The average molecular weight is 586 g/mol. The van der Waals surface area contributed by atoms with Crippen molar-refractivity contribution in [1.29, 1.82) is 0 Å². The number of carbonyl (C=O) groups is 2. The molecule has 2 rings (SSSR count). The van der Waals surface area contributed by atoms with Crippen molar-refractivity contribution in [2.45, 2.75) is 144 Å². The highest BCUT2D eigenvalue weighted by atomic mass is 32.1. The van der Waals surface area contributed by atoms with Crippen LogP contribution in [0.2, 0.25) is 0 Å². The zero-order valence-electron chi connectivity index (χ0n) is 24.7. The van der Waals surface area contributed by atoms with E-state index in [9.17, 15) is 0 Å². The van der Waals surface area contributed by atoms with Gasteiger partial charge in [0.15, 0.2) is 0 Å². The van der Waals surface area contributed by atoms with E-state index in [1.165, 1.54) is 89.9 Å². The molecule has 10 heteroatoms. The Morgan fingerprint density at radius 3 is 0.784 bits per heavy atom. The van der Waals surface area contributed by atoms with Crippen molar-refractivity contribution in [3.8, 4) is 0 Å². The van der Waals surface area contributed by atoms with Crippen LogP contribution in [0.1, 0.15) is 144 Å². The number of rotatable bonds is 10. The lowest BCUT2D eigenvalue weighted by Gasteiger charge is -2.13. The molecule has 0 unspecified atom stereocenters. The third kappa shape index (κ3) is 66.5. The molecule has 37 heavy (non-hydrogen) atoms. The number of hydrogen-bond acceptors (Lipinski definition) is 5. The Bertz CT molecular complexity index is 356. The third-order valence-corrected chi connectivity index (χ3v) is 6.09. The Labute approximate surface area is 242 Å². The van der Waals surface area contributed by atoms with Gasteiger partial charge in [-0.1, -0.05) is 150 Å². The summed E-state index contributed by atoms with van der Waals surface area (Å²) < 4.78 is 16.4. The van der Waals surface area contributed by atoms with E-state index in [2.05, 4.69) is 71.3 Å². The zero-order chi connectivity index (χ0) is 29.0. The Kier molecular flexibility index (Phi) is 50.7. The Hall–Kier alpha value is -0.263. The number of amides is 2. The van der Waals surface area contributed by atoms with Gasteiger partial charge in [-0.2, -0.15) is 0 Å². The quantitative estimate of drug-likeness (QED) is 0.151. The fourth-order valence-corrected chi connectivity index (χ4v) is 4.16. The van der Waals surface area contributed by atoms with E-state index < -0.39 is 20.0 Å². The van der Waals surface area contributed by atoms with Crippen molar-refractivity contribution >= 4 is 45.3 Å². The first kappa shape index (κ1) is 43.8. The Morgan fingerprint density at radius 1 is 0.514 bits per heavy atom. The van der Waals surface area contributed by atoms with Crippen LogP contribution in [0, 0.1) is 0 Å². The molecule has 1 radical (unpaired) electrons. The van der Waals surface area contributed by atoms with Gasteiger partial charge >= 0.3 is 9.53 Å². The first-order valence-corrected chi connectivity index (χ1v) is 16.6.